The predicted octanol–water partition coefficient (Wildman–Crippen LogP) is 2.65. The van der Waals surface area contributed by atoms with Crippen molar-refractivity contribution in [2.24, 2.45) is 0 Å². The predicted molar refractivity (Wildman–Crippen MR) is 74.4 cm³/mol. The van der Waals surface area contributed by atoms with Crippen molar-refractivity contribution in [2.75, 3.05) is 5.73 Å². The molecule has 0 aliphatic heterocycles. The Morgan fingerprint density at radius 1 is 1.16 bits per heavy atom. The molecule has 92 valence electrons. The molecule has 1 aromatic carbocycles. The lowest BCUT2D eigenvalue weighted by molar-refractivity contribution is 1.06. The van der Waals surface area contributed by atoms with E-state index in [1.807, 2.05) is 53.1 Å². The summed E-state index contributed by atoms with van der Waals surface area (Å²) in [4.78, 5) is 4.60. The summed E-state index contributed by atoms with van der Waals surface area (Å²) >= 11 is 0. The van der Waals surface area contributed by atoms with Gasteiger partial charge >= 0.3 is 0 Å². The van der Waals surface area contributed by atoms with Gasteiger partial charge in [-0.15, -0.1) is 0 Å². The van der Waals surface area contributed by atoms with Crippen LogP contribution < -0.4 is 5.73 Å². The van der Waals surface area contributed by atoms with Crippen LogP contribution in [-0.4, -0.2) is 9.38 Å². The van der Waals surface area contributed by atoms with E-state index in [1.165, 1.54) is 0 Å². The molecule has 19 heavy (non-hydrogen) atoms. The zero-order chi connectivity index (χ0) is 13.2. The molecule has 3 aromatic rings. The molecule has 0 spiro atoms. The third-order valence-corrected chi connectivity index (χ3v) is 3.06. The van der Waals surface area contributed by atoms with Crippen LogP contribution >= 0.6 is 0 Å². The molecule has 0 bridgehead atoms. The minimum Gasteiger partial charge on any atom is -0.399 e. The second-order valence-electron chi connectivity index (χ2n) is 4.29. The Kier molecular flexibility index (Phi) is 2.66. The van der Waals surface area contributed by atoms with Crippen LogP contribution in [0.2, 0.25) is 0 Å². The molecule has 4 heteroatoms. The molecule has 2 heterocycles. The zero-order valence-electron chi connectivity index (χ0n) is 10.2. The highest BCUT2D eigenvalue weighted by molar-refractivity contribution is 5.68. The minimum absolute atomic E-state index is 0.324. The summed E-state index contributed by atoms with van der Waals surface area (Å²) in [5, 5.41) is 9.00. The lowest BCUT2D eigenvalue weighted by Gasteiger charge is -2.01. The van der Waals surface area contributed by atoms with Gasteiger partial charge in [-0.2, -0.15) is 5.26 Å². The number of aromatic nitrogens is 2. The van der Waals surface area contributed by atoms with Crippen LogP contribution in [0.1, 0.15) is 5.69 Å². The maximum atomic E-state index is 9.00. The van der Waals surface area contributed by atoms with E-state index in [0.29, 0.717) is 12.1 Å². The molecule has 2 N–H and O–H groups in total. The molecule has 0 radical (unpaired) electrons. The third-order valence-electron chi connectivity index (χ3n) is 3.06. The van der Waals surface area contributed by atoms with Gasteiger partial charge in [0.2, 0.25) is 0 Å². The molecule has 0 aliphatic carbocycles. The number of nitrogens with two attached hydrogens (primary N) is 1. The Hall–Kier alpha value is -2.80. The smallest absolute Gasteiger partial charge is 0.137 e. The number of nitriles is 1. The Labute approximate surface area is 110 Å². The SMILES string of the molecule is N#CCc1c(-c2ccc(N)cc2)nc2ccccn12. The van der Waals surface area contributed by atoms with Crippen LogP contribution in [0.4, 0.5) is 5.69 Å². The highest BCUT2D eigenvalue weighted by Gasteiger charge is 2.13. The molecule has 0 saturated heterocycles. The Morgan fingerprint density at radius 3 is 2.68 bits per heavy atom. The number of fused-ring (bicyclic) bond motifs is 1. The van der Waals surface area contributed by atoms with Gasteiger partial charge in [-0.1, -0.05) is 18.2 Å². The summed E-state index contributed by atoms with van der Waals surface area (Å²) in [5.74, 6) is 0. The number of nitrogen functional groups attached to an aromatic ring is 1. The van der Waals surface area contributed by atoms with E-state index in [4.69, 9.17) is 11.0 Å². The Balaban J connectivity index is 2.25. The van der Waals surface area contributed by atoms with Gasteiger partial charge in [-0.3, -0.25) is 0 Å². The Morgan fingerprint density at radius 2 is 1.95 bits per heavy atom. The van der Waals surface area contributed by atoms with Gasteiger partial charge in [0.15, 0.2) is 0 Å². The second-order valence-corrected chi connectivity index (χ2v) is 4.29. The first-order chi connectivity index (χ1) is 9.29. The van der Waals surface area contributed by atoms with Crippen LogP contribution in [0.15, 0.2) is 48.7 Å². The first-order valence-electron chi connectivity index (χ1n) is 5.98. The maximum Gasteiger partial charge on any atom is 0.137 e. The monoisotopic (exact) mass is 248 g/mol. The van der Waals surface area contributed by atoms with Gasteiger partial charge in [0.05, 0.1) is 23.9 Å². The molecule has 4 nitrogen and oxygen atoms in total. The third kappa shape index (κ3) is 1.91. The van der Waals surface area contributed by atoms with Crippen LogP contribution in [-0.2, 0) is 6.42 Å². The molecule has 0 saturated carbocycles. The first kappa shape index (κ1) is 11.3. The first-order valence-corrected chi connectivity index (χ1v) is 5.98. The van der Waals surface area contributed by atoms with Gasteiger partial charge in [0, 0.05) is 17.4 Å². The van der Waals surface area contributed by atoms with Crippen molar-refractivity contribution < 1.29 is 0 Å². The number of benzene rings is 1. The highest BCUT2D eigenvalue weighted by atomic mass is 15.0. The van der Waals surface area contributed by atoms with Crippen molar-refractivity contribution in [1.82, 2.24) is 9.38 Å². The van der Waals surface area contributed by atoms with Gasteiger partial charge in [-0.05, 0) is 24.3 Å². The average molecular weight is 248 g/mol. The zero-order valence-corrected chi connectivity index (χ0v) is 10.2. The summed E-state index contributed by atoms with van der Waals surface area (Å²) in [6, 6.07) is 15.5. The molecule has 0 unspecified atom stereocenters. The van der Waals surface area contributed by atoms with E-state index in [2.05, 4.69) is 11.1 Å². The second kappa shape index (κ2) is 4.46. The normalized spacial score (nSPS) is 10.5. The van der Waals surface area contributed by atoms with E-state index in [-0.39, 0.29) is 0 Å². The number of imidazole rings is 1. The number of hydrogen-bond acceptors (Lipinski definition) is 3. The summed E-state index contributed by atoms with van der Waals surface area (Å²) in [6.07, 6.45) is 2.25. The molecule has 0 atom stereocenters. The van der Waals surface area contributed by atoms with Crippen LogP contribution in [0.5, 0.6) is 0 Å². The van der Waals surface area contributed by atoms with E-state index >= 15 is 0 Å². The van der Waals surface area contributed by atoms with Crippen molar-refractivity contribution in [2.45, 2.75) is 6.42 Å². The Bertz CT molecular complexity index is 763. The van der Waals surface area contributed by atoms with Gasteiger partial charge < -0.3 is 10.1 Å². The van der Waals surface area contributed by atoms with Crippen LogP contribution in [0.3, 0.4) is 0 Å². The number of nitrogens with zero attached hydrogens (tertiary/aromatic N) is 3. The maximum absolute atomic E-state index is 9.00. The van der Waals surface area contributed by atoms with Gasteiger partial charge in [-0.25, -0.2) is 4.98 Å². The number of rotatable bonds is 2. The van der Waals surface area contributed by atoms with Crippen molar-refractivity contribution >= 4 is 11.3 Å². The number of hydrogen-bond donors (Lipinski definition) is 1. The van der Waals surface area contributed by atoms with Crippen LogP contribution in [0, 0.1) is 11.3 Å². The standard InChI is InChI=1S/C15H12N4/c16-9-8-13-15(11-4-6-12(17)7-5-11)18-14-3-1-2-10-19(13)14/h1-7,10H,8,17H2. The molecular formula is C15H12N4. The molecule has 0 aliphatic rings. The molecule has 0 amide bonds. The van der Waals surface area contributed by atoms with Crippen molar-refractivity contribution in [3.8, 4) is 17.3 Å². The summed E-state index contributed by atoms with van der Waals surface area (Å²) in [6.45, 7) is 0. The fraction of sp³-hybridized carbons (Fsp3) is 0.0667. The molecule has 0 fully saturated rings. The van der Waals surface area contributed by atoms with Crippen LogP contribution in [0.25, 0.3) is 16.9 Å². The van der Waals surface area contributed by atoms with Crippen molar-refractivity contribution in [3.63, 3.8) is 0 Å². The summed E-state index contributed by atoms with van der Waals surface area (Å²) in [5.41, 5.74) is 9.98. The fourth-order valence-corrected chi connectivity index (χ4v) is 2.16. The number of anilines is 1. The molecule has 2 aromatic heterocycles. The molecule has 3 rings (SSSR count). The highest BCUT2D eigenvalue weighted by Crippen LogP contribution is 2.25. The largest absolute Gasteiger partial charge is 0.399 e. The lowest BCUT2D eigenvalue weighted by Crippen LogP contribution is -1.93. The van der Waals surface area contributed by atoms with E-state index in [9.17, 15) is 0 Å². The minimum atomic E-state index is 0.324. The average Bonchev–Trinajstić information content (AvgIpc) is 2.79. The summed E-state index contributed by atoms with van der Waals surface area (Å²) < 4.78 is 1.95. The molecular weight excluding hydrogens is 236 g/mol. The van der Waals surface area contributed by atoms with Crippen molar-refractivity contribution in [1.29, 1.82) is 5.26 Å². The number of pyridine rings is 1. The van der Waals surface area contributed by atoms with E-state index in [1.54, 1.807) is 0 Å². The fourth-order valence-electron chi connectivity index (χ4n) is 2.16. The lowest BCUT2D eigenvalue weighted by atomic mass is 10.1. The van der Waals surface area contributed by atoms with E-state index in [0.717, 1.165) is 22.6 Å². The topological polar surface area (TPSA) is 67.1 Å². The summed E-state index contributed by atoms with van der Waals surface area (Å²) in [7, 11) is 0. The van der Waals surface area contributed by atoms with E-state index < -0.39 is 0 Å². The van der Waals surface area contributed by atoms with Gasteiger partial charge in [0.25, 0.3) is 0 Å². The van der Waals surface area contributed by atoms with Gasteiger partial charge in [0.1, 0.15) is 5.65 Å². The quantitative estimate of drug-likeness (QED) is 0.709. The van der Waals surface area contributed by atoms with Crippen molar-refractivity contribution in [3.05, 3.63) is 54.4 Å².